The molecule has 108 valence electrons. The number of aliphatic hydroxyl groups is 1. The van der Waals surface area contributed by atoms with Gasteiger partial charge in [-0.3, -0.25) is 0 Å². The number of carbonyl (C=O) groups excluding carboxylic acids is 1. The van der Waals surface area contributed by atoms with Crippen LogP contribution in [0, 0.1) is 0 Å². The van der Waals surface area contributed by atoms with E-state index in [1.807, 2.05) is 30.4 Å². The number of rotatable bonds is 6. The smallest absolute Gasteiger partial charge is 0.340 e. The Morgan fingerprint density at radius 2 is 1.86 bits per heavy atom. The lowest BCUT2D eigenvalue weighted by Crippen LogP contribution is -2.10. The summed E-state index contributed by atoms with van der Waals surface area (Å²) in [5.41, 5.74) is 2.80. The number of hydrogen-bond acceptors (Lipinski definition) is 3. The van der Waals surface area contributed by atoms with Gasteiger partial charge >= 0.3 is 5.97 Å². The monoisotopic (exact) mass is 282 g/mol. The standard InChI is InChI=1S/C18H18O3/c19-14(10-9-13-5-2-1-3-6-13)11-12-16-15-7-4-8-17(15)21-18(16)20/h1-8,14,19H,9-12H2. The normalized spacial score (nSPS) is 17.8. The quantitative estimate of drug-likeness (QED) is 0.816. The van der Waals surface area contributed by atoms with Crippen LogP contribution in [0.25, 0.3) is 0 Å². The Morgan fingerprint density at radius 1 is 1.10 bits per heavy atom. The maximum absolute atomic E-state index is 11.7. The molecule has 0 spiro atoms. The van der Waals surface area contributed by atoms with Crippen molar-refractivity contribution in [1.82, 2.24) is 0 Å². The first-order valence-corrected chi connectivity index (χ1v) is 7.30. The second-order valence-electron chi connectivity index (χ2n) is 5.39. The van der Waals surface area contributed by atoms with Gasteiger partial charge in [0.05, 0.1) is 6.10 Å². The highest BCUT2D eigenvalue weighted by Crippen LogP contribution is 2.33. The second kappa shape index (κ2) is 6.10. The molecule has 0 aromatic heterocycles. The van der Waals surface area contributed by atoms with Crippen LogP contribution in [0.1, 0.15) is 24.8 Å². The molecule has 21 heavy (non-hydrogen) atoms. The number of benzene rings is 1. The van der Waals surface area contributed by atoms with Crippen LogP contribution in [-0.4, -0.2) is 17.2 Å². The Kier molecular flexibility index (Phi) is 4.02. The fourth-order valence-corrected chi connectivity index (χ4v) is 2.68. The van der Waals surface area contributed by atoms with Gasteiger partial charge in [0, 0.05) is 11.1 Å². The zero-order valence-electron chi connectivity index (χ0n) is 11.8. The Hall–Kier alpha value is -2.13. The number of aryl methyl sites for hydroxylation is 1. The molecule has 1 unspecified atom stereocenters. The van der Waals surface area contributed by atoms with E-state index in [0.29, 0.717) is 30.6 Å². The van der Waals surface area contributed by atoms with E-state index in [2.05, 4.69) is 12.1 Å². The van der Waals surface area contributed by atoms with Crippen LogP contribution in [0.4, 0.5) is 0 Å². The third kappa shape index (κ3) is 3.14. The van der Waals surface area contributed by atoms with Crippen LogP contribution < -0.4 is 0 Å². The van der Waals surface area contributed by atoms with Crippen molar-refractivity contribution in [1.29, 1.82) is 0 Å². The van der Waals surface area contributed by atoms with Crippen LogP contribution in [0.2, 0.25) is 0 Å². The number of carbonyl (C=O) groups is 1. The van der Waals surface area contributed by atoms with Crippen LogP contribution in [0.5, 0.6) is 0 Å². The van der Waals surface area contributed by atoms with E-state index in [1.165, 1.54) is 5.56 Å². The summed E-state index contributed by atoms with van der Waals surface area (Å²) in [6.07, 6.45) is 7.88. The van der Waals surface area contributed by atoms with Gasteiger partial charge in [0.25, 0.3) is 0 Å². The topological polar surface area (TPSA) is 46.5 Å². The highest BCUT2D eigenvalue weighted by atomic mass is 16.5. The van der Waals surface area contributed by atoms with E-state index < -0.39 is 6.10 Å². The summed E-state index contributed by atoms with van der Waals surface area (Å²) in [5.74, 6) is 0.379. The summed E-state index contributed by atoms with van der Waals surface area (Å²) in [6, 6.07) is 10.1. The van der Waals surface area contributed by atoms with E-state index in [1.54, 1.807) is 6.08 Å². The lowest BCUT2D eigenvalue weighted by Gasteiger charge is -2.10. The van der Waals surface area contributed by atoms with Gasteiger partial charge in [-0.25, -0.2) is 4.79 Å². The Bertz CT molecular complexity index is 623. The first-order valence-electron chi connectivity index (χ1n) is 7.30. The van der Waals surface area contributed by atoms with Gasteiger partial charge in [0.2, 0.25) is 0 Å². The average Bonchev–Trinajstić information content (AvgIpc) is 3.05. The van der Waals surface area contributed by atoms with Gasteiger partial charge in [0.1, 0.15) is 5.76 Å². The SMILES string of the molecule is O=C1OC2=CC=CC2=C1CCC(O)CCc1ccccc1. The highest BCUT2D eigenvalue weighted by molar-refractivity contribution is 5.96. The van der Waals surface area contributed by atoms with Gasteiger partial charge in [-0.1, -0.05) is 42.5 Å². The zero-order valence-corrected chi connectivity index (χ0v) is 11.8. The molecule has 0 saturated heterocycles. The van der Waals surface area contributed by atoms with Crippen LogP contribution in [-0.2, 0) is 16.0 Å². The molecule has 0 amide bonds. The number of fused-ring (bicyclic) bond motifs is 1. The minimum absolute atomic E-state index is 0.268. The van der Waals surface area contributed by atoms with Crippen molar-refractivity contribution in [2.24, 2.45) is 0 Å². The number of hydrogen-bond donors (Lipinski definition) is 1. The Labute approximate surface area is 124 Å². The average molecular weight is 282 g/mol. The molecule has 1 aromatic rings. The van der Waals surface area contributed by atoms with Crippen LogP contribution in [0.3, 0.4) is 0 Å². The first kappa shape index (κ1) is 13.8. The zero-order chi connectivity index (χ0) is 14.7. The molecule has 0 saturated carbocycles. The van der Waals surface area contributed by atoms with Crippen molar-refractivity contribution in [3.05, 3.63) is 71.0 Å². The van der Waals surface area contributed by atoms with Crippen LogP contribution in [0.15, 0.2) is 65.5 Å². The molecule has 1 aromatic carbocycles. The molecule has 0 fully saturated rings. The largest absolute Gasteiger partial charge is 0.422 e. The van der Waals surface area contributed by atoms with Gasteiger partial charge in [-0.05, 0) is 37.3 Å². The predicted molar refractivity (Wildman–Crippen MR) is 80.3 cm³/mol. The molecule has 3 heteroatoms. The second-order valence-corrected chi connectivity index (χ2v) is 5.39. The number of esters is 1. The molecule has 1 atom stereocenters. The molecule has 1 N–H and O–H groups in total. The number of allylic oxidation sites excluding steroid dienone is 3. The molecule has 0 bridgehead atoms. The van der Waals surface area contributed by atoms with Crippen LogP contribution >= 0.6 is 0 Å². The van der Waals surface area contributed by atoms with Gasteiger partial charge < -0.3 is 9.84 Å². The van der Waals surface area contributed by atoms with Crippen molar-refractivity contribution in [2.75, 3.05) is 0 Å². The summed E-state index contributed by atoms with van der Waals surface area (Å²) < 4.78 is 5.16. The highest BCUT2D eigenvalue weighted by Gasteiger charge is 2.29. The first-order chi connectivity index (χ1) is 10.2. The Morgan fingerprint density at radius 3 is 2.67 bits per heavy atom. The van der Waals surface area contributed by atoms with E-state index in [0.717, 1.165) is 12.0 Å². The summed E-state index contributed by atoms with van der Waals surface area (Å²) in [5, 5.41) is 10.1. The summed E-state index contributed by atoms with van der Waals surface area (Å²) in [6.45, 7) is 0. The summed E-state index contributed by atoms with van der Waals surface area (Å²) in [7, 11) is 0. The van der Waals surface area contributed by atoms with E-state index in [9.17, 15) is 9.90 Å². The van der Waals surface area contributed by atoms with Gasteiger partial charge in [-0.2, -0.15) is 0 Å². The Balaban J connectivity index is 1.51. The summed E-state index contributed by atoms with van der Waals surface area (Å²) in [4.78, 5) is 11.7. The minimum atomic E-state index is -0.399. The number of ether oxygens (including phenoxy) is 1. The maximum Gasteiger partial charge on any atom is 0.340 e. The third-order valence-electron chi connectivity index (χ3n) is 3.89. The molecule has 1 heterocycles. The number of aliphatic hydroxyl groups excluding tert-OH is 1. The third-order valence-corrected chi connectivity index (χ3v) is 3.89. The maximum atomic E-state index is 11.7. The van der Waals surface area contributed by atoms with E-state index in [-0.39, 0.29) is 5.97 Å². The van der Waals surface area contributed by atoms with Gasteiger partial charge in [-0.15, -0.1) is 0 Å². The fourth-order valence-electron chi connectivity index (χ4n) is 2.68. The van der Waals surface area contributed by atoms with E-state index >= 15 is 0 Å². The summed E-state index contributed by atoms with van der Waals surface area (Å²) >= 11 is 0. The van der Waals surface area contributed by atoms with Gasteiger partial charge in [0.15, 0.2) is 0 Å². The molecule has 3 nitrogen and oxygen atoms in total. The molecular weight excluding hydrogens is 264 g/mol. The molecule has 0 radical (unpaired) electrons. The lowest BCUT2D eigenvalue weighted by molar-refractivity contribution is -0.133. The lowest BCUT2D eigenvalue weighted by atomic mass is 9.99. The minimum Gasteiger partial charge on any atom is -0.422 e. The van der Waals surface area contributed by atoms with Crippen molar-refractivity contribution in [3.63, 3.8) is 0 Å². The molecule has 1 aliphatic heterocycles. The van der Waals surface area contributed by atoms with Crippen molar-refractivity contribution < 1.29 is 14.6 Å². The van der Waals surface area contributed by atoms with Crippen molar-refractivity contribution in [3.8, 4) is 0 Å². The van der Waals surface area contributed by atoms with Crippen molar-refractivity contribution in [2.45, 2.75) is 31.8 Å². The predicted octanol–water partition coefficient (Wildman–Crippen LogP) is 3.07. The van der Waals surface area contributed by atoms with Crippen molar-refractivity contribution >= 4 is 5.97 Å². The molecule has 2 aliphatic rings. The fraction of sp³-hybridized carbons (Fsp3) is 0.278. The molecule has 1 aliphatic carbocycles. The molecule has 3 rings (SSSR count). The molecular formula is C18H18O3. The van der Waals surface area contributed by atoms with E-state index in [4.69, 9.17) is 4.74 Å².